The van der Waals surface area contributed by atoms with Crippen molar-refractivity contribution >= 4 is 44.3 Å². The van der Waals surface area contributed by atoms with Gasteiger partial charge in [0.05, 0.1) is 5.52 Å². The van der Waals surface area contributed by atoms with Crippen LogP contribution in [-0.4, -0.2) is 4.57 Å². The van der Waals surface area contributed by atoms with E-state index in [4.69, 9.17) is 0 Å². The summed E-state index contributed by atoms with van der Waals surface area (Å²) in [5, 5.41) is 3.71. The first-order valence-corrected chi connectivity index (χ1v) is 16.7. The van der Waals surface area contributed by atoms with Gasteiger partial charge in [-0.2, -0.15) is 0 Å². The molecule has 0 bridgehead atoms. The first-order chi connectivity index (χ1) is 23.5. The van der Waals surface area contributed by atoms with Crippen LogP contribution in [0, 0.1) is 0 Å². The number of hydrogen-bond acceptors (Lipinski definition) is 1. The van der Waals surface area contributed by atoms with Gasteiger partial charge in [0.25, 0.3) is 0 Å². The maximum absolute atomic E-state index is 4.02. The van der Waals surface area contributed by atoms with Gasteiger partial charge in [-0.25, -0.2) is 0 Å². The largest absolute Gasteiger partial charge is 0.317 e. The number of anilines is 3. The Bertz CT molecular complexity index is 2380. The monoisotopic (exact) mass is 618 g/mol. The number of rotatable bonds is 6. The van der Waals surface area contributed by atoms with Gasteiger partial charge in [-0.05, 0) is 118 Å². The molecule has 8 rings (SSSR count). The van der Waals surface area contributed by atoms with Gasteiger partial charge in [0.15, 0.2) is 0 Å². The van der Waals surface area contributed by atoms with Crippen LogP contribution in [0.5, 0.6) is 0 Å². The Morgan fingerprint density at radius 1 is 0.625 bits per heavy atom. The number of allylic oxidation sites excluding steroid dienone is 5. The van der Waals surface area contributed by atoms with Gasteiger partial charge in [0, 0.05) is 39.7 Å². The summed E-state index contributed by atoms with van der Waals surface area (Å²) in [5.41, 5.74) is 13.2. The smallest absolute Gasteiger partial charge is 0.0529 e. The van der Waals surface area contributed by atoms with Crippen molar-refractivity contribution in [1.29, 1.82) is 0 Å². The summed E-state index contributed by atoms with van der Waals surface area (Å²) in [5.74, 6) is 0. The zero-order valence-electron chi connectivity index (χ0n) is 27.7. The molecule has 1 aliphatic carbocycles. The number of benzene rings is 6. The molecule has 0 unspecified atom stereocenters. The average molecular weight is 619 g/mol. The lowest BCUT2D eigenvalue weighted by Crippen LogP contribution is -2.16. The van der Waals surface area contributed by atoms with Crippen LogP contribution in [0.4, 0.5) is 17.1 Å². The summed E-state index contributed by atoms with van der Waals surface area (Å²) >= 11 is 0. The Balaban J connectivity index is 1.26. The molecular weight excluding hydrogens is 581 g/mol. The van der Waals surface area contributed by atoms with Crippen LogP contribution in [0.25, 0.3) is 44.1 Å². The zero-order chi connectivity index (χ0) is 32.8. The highest BCUT2D eigenvalue weighted by Gasteiger charge is 2.38. The van der Waals surface area contributed by atoms with E-state index < -0.39 is 0 Å². The predicted octanol–water partition coefficient (Wildman–Crippen LogP) is 12.7. The number of para-hydroxylation sites is 1. The van der Waals surface area contributed by atoms with Gasteiger partial charge in [0.1, 0.15) is 0 Å². The SMILES string of the molecule is C=C/C=C1\C(=C/C)c2ccc(N(c3ccc(-c4ccc5ccccc5c4)cc3)c3ccc4c(ccn4-c4ccccc4)c3)cc2C1(C)C. The van der Waals surface area contributed by atoms with Crippen molar-refractivity contribution in [2.75, 3.05) is 4.90 Å². The van der Waals surface area contributed by atoms with Crippen LogP contribution < -0.4 is 4.90 Å². The molecule has 2 heteroatoms. The van der Waals surface area contributed by atoms with E-state index in [1.807, 2.05) is 6.08 Å². The summed E-state index contributed by atoms with van der Waals surface area (Å²) in [4.78, 5) is 2.39. The number of nitrogens with zero attached hydrogens (tertiary/aromatic N) is 2. The molecule has 7 aromatic rings. The van der Waals surface area contributed by atoms with Crippen molar-refractivity contribution < 1.29 is 0 Å². The second-order valence-corrected chi connectivity index (χ2v) is 13.1. The quantitative estimate of drug-likeness (QED) is 0.180. The molecule has 0 fully saturated rings. The fraction of sp³-hybridized carbons (Fsp3) is 0.0870. The summed E-state index contributed by atoms with van der Waals surface area (Å²) in [6.07, 6.45) is 8.48. The highest BCUT2D eigenvalue weighted by molar-refractivity contribution is 5.93. The molecule has 0 saturated carbocycles. The van der Waals surface area contributed by atoms with E-state index in [2.05, 4.69) is 195 Å². The molecule has 1 aliphatic rings. The van der Waals surface area contributed by atoms with Crippen LogP contribution in [0.15, 0.2) is 176 Å². The van der Waals surface area contributed by atoms with Gasteiger partial charge >= 0.3 is 0 Å². The van der Waals surface area contributed by atoms with Crippen molar-refractivity contribution in [2.24, 2.45) is 0 Å². The lowest BCUT2D eigenvalue weighted by molar-refractivity contribution is 0.661. The van der Waals surface area contributed by atoms with E-state index in [-0.39, 0.29) is 5.41 Å². The third kappa shape index (κ3) is 4.89. The minimum Gasteiger partial charge on any atom is -0.317 e. The van der Waals surface area contributed by atoms with E-state index in [0.29, 0.717) is 0 Å². The molecule has 0 spiro atoms. The van der Waals surface area contributed by atoms with Gasteiger partial charge in [-0.1, -0.05) is 111 Å². The van der Waals surface area contributed by atoms with Gasteiger partial charge in [-0.15, -0.1) is 0 Å². The summed E-state index contributed by atoms with van der Waals surface area (Å²) < 4.78 is 2.26. The molecule has 0 aliphatic heterocycles. The van der Waals surface area contributed by atoms with E-state index in [1.54, 1.807) is 0 Å². The molecule has 0 radical (unpaired) electrons. The average Bonchev–Trinajstić information content (AvgIpc) is 3.64. The molecule has 2 nitrogen and oxygen atoms in total. The van der Waals surface area contributed by atoms with Crippen molar-refractivity contribution in [1.82, 2.24) is 4.57 Å². The minimum atomic E-state index is -0.149. The Morgan fingerprint density at radius 2 is 1.31 bits per heavy atom. The van der Waals surface area contributed by atoms with E-state index in [0.717, 1.165) is 22.7 Å². The van der Waals surface area contributed by atoms with E-state index in [9.17, 15) is 0 Å². The van der Waals surface area contributed by atoms with Crippen LogP contribution in [0.3, 0.4) is 0 Å². The molecule has 6 aromatic carbocycles. The molecule has 0 N–H and O–H groups in total. The van der Waals surface area contributed by atoms with E-state index >= 15 is 0 Å². The Morgan fingerprint density at radius 3 is 2.08 bits per heavy atom. The molecule has 0 saturated heterocycles. The lowest BCUT2D eigenvalue weighted by atomic mass is 9.81. The van der Waals surface area contributed by atoms with Crippen molar-refractivity contribution in [3.63, 3.8) is 0 Å². The highest BCUT2D eigenvalue weighted by atomic mass is 15.1. The standard InChI is InChI=1S/C46H38N2/c1-5-12-43-41(6-2)42-25-23-40(31-44(42)46(43,3)4)48(39-24-26-45-36(30-39)27-28-47(45)37-15-8-7-9-16-37)38-21-19-33(20-22-38)35-18-17-32-13-10-11-14-34(32)29-35/h5-31H,1H2,2-4H3/b41-6-,43-12+. The fourth-order valence-electron chi connectivity index (χ4n) is 7.48. The number of hydrogen-bond donors (Lipinski definition) is 0. The third-order valence-electron chi connectivity index (χ3n) is 9.94. The topological polar surface area (TPSA) is 8.17 Å². The third-order valence-corrected chi connectivity index (χ3v) is 9.94. The number of aromatic nitrogens is 1. The normalized spacial score (nSPS) is 15.3. The van der Waals surface area contributed by atoms with Gasteiger partial charge in [0.2, 0.25) is 0 Å². The summed E-state index contributed by atoms with van der Waals surface area (Å²) in [6.45, 7) is 10.8. The van der Waals surface area contributed by atoms with Crippen LogP contribution in [0.2, 0.25) is 0 Å². The second kappa shape index (κ2) is 11.7. The first-order valence-electron chi connectivity index (χ1n) is 16.7. The van der Waals surface area contributed by atoms with Crippen molar-refractivity contribution in [2.45, 2.75) is 26.2 Å². The lowest BCUT2D eigenvalue weighted by Gasteiger charge is -2.28. The number of fused-ring (bicyclic) bond motifs is 3. The Labute approximate surface area is 283 Å². The van der Waals surface area contributed by atoms with Crippen molar-refractivity contribution in [3.05, 3.63) is 187 Å². The molecule has 0 amide bonds. The van der Waals surface area contributed by atoms with Crippen LogP contribution >= 0.6 is 0 Å². The molecular formula is C46H38N2. The molecule has 0 atom stereocenters. The maximum atomic E-state index is 4.02. The second-order valence-electron chi connectivity index (χ2n) is 13.1. The predicted molar refractivity (Wildman–Crippen MR) is 206 cm³/mol. The molecule has 232 valence electrons. The van der Waals surface area contributed by atoms with Gasteiger partial charge < -0.3 is 9.47 Å². The summed E-state index contributed by atoms with van der Waals surface area (Å²) in [6, 6.07) is 50.8. The Hall–Kier alpha value is -5.86. The van der Waals surface area contributed by atoms with Gasteiger partial charge in [-0.3, -0.25) is 0 Å². The molecule has 1 aromatic heterocycles. The molecule has 1 heterocycles. The van der Waals surface area contributed by atoms with Crippen molar-refractivity contribution in [3.8, 4) is 16.8 Å². The fourth-order valence-corrected chi connectivity index (χ4v) is 7.48. The summed E-state index contributed by atoms with van der Waals surface area (Å²) in [7, 11) is 0. The van der Waals surface area contributed by atoms with Crippen LogP contribution in [-0.2, 0) is 5.41 Å². The first kappa shape index (κ1) is 29.5. The van der Waals surface area contributed by atoms with Crippen LogP contribution in [0.1, 0.15) is 31.9 Å². The zero-order valence-corrected chi connectivity index (χ0v) is 27.7. The Kier molecular flexibility index (Phi) is 7.22. The maximum Gasteiger partial charge on any atom is 0.0529 e. The highest BCUT2D eigenvalue weighted by Crippen LogP contribution is 2.51. The van der Waals surface area contributed by atoms with E-state index in [1.165, 1.54) is 55.1 Å². The molecule has 48 heavy (non-hydrogen) atoms. The minimum absolute atomic E-state index is 0.149.